The predicted molar refractivity (Wildman–Crippen MR) is 97.9 cm³/mol. The number of aliphatic hydroxyl groups excluding tert-OH is 1. The molecule has 1 aromatic rings. The molecule has 0 fully saturated rings. The number of amides is 1. The van der Waals surface area contributed by atoms with E-state index in [1.807, 2.05) is 12.1 Å². The fraction of sp³-hybridized carbons (Fsp3) is 0.375. The summed E-state index contributed by atoms with van der Waals surface area (Å²) in [6, 6.07) is 7.02. The van der Waals surface area contributed by atoms with Crippen LogP contribution in [0.2, 0.25) is 0 Å². The molecule has 0 bridgehead atoms. The van der Waals surface area contributed by atoms with Gasteiger partial charge in [0.05, 0.1) is 16.7 Å². The van der Waals surface area contributed by atoms with Crippen molar-refractivity contribution < 1.29 is 19.4 Å². The molecular weight excluding hydrogens is 411 g/mol. The van der Waals surface area contributed by atoms with Crippen molar-refractivity contribution in [1.82, 2.24) is 5.32 Å². The van der Waals surface area contributed by atoms with Crippen LogP contribution in [0.4, 0.5) is 5.69 Å². The lowest BCUT2D eigenvalue weighted by molar-refractivity contribution is -0.117. The Morgan fingerprint density at radius 3 is 2.52 bits per heavy atom. The number of rotatable bonds is 9. The van der Waals surface area contributed by atoms with Crippen molar-refractivity contribution in [3.8, 4) is 0 Å². The molecule has 6 nitrogen and oxygen atoms in total. The zero-order valence-corrected chi connectivity index (χ0v) is 15.2. The van der Waals surface area contributed by atoms with E-state index in [1.54, 1.807) is 19.1 Å². The summed E-state index contributed by atoms with van der Waals surface area (Å²) in [6.07, 6.45) is 0. The van der Waals surface area contributed by atoms with Crippen molar-refractivity contribution in [2.45, 2.75) is 6.92 Å². The van der Waals surface area contributed by atoms with Gasteiger partial charge in [-0.25, -0.2) is 4.79 Å². The highest BCUT2D eigenvalue weighted by atomic mass is 127. The number of nitrogens with zero attached hydrogens (tertiary/aromatic N) is 1. The Morgan fingerprint density at radius 2 is 2.00 bits per heavy atom. The maximum atomic E-state index is 11.7. The molecule has 0 unspecified atom stereocenters. The van der Waals surface area contributed by atoms with Gasteiger partial charge in [-0.1, -0.05) is 29.2 Å². The lowest BCUT2D eigenvalue weighted by Crippen LogP contribution is -2.34. The Labute approximate surface area is 149 Å². The fourth-order valence-electron chi connectivity index (χ4n) is 1.74. The van der Waals surface area contributed by atoms with Gasteiger partial charge in [-0.3, -0.25) is 4.79 Å². The average molecular weight is 432 g/mol. The highest BCUT2D eigenvalue weighted by Crippen LogP contribution is 2.16. The van der Waals surface area contributed by atoms with Crippen molar-refractivity contribution in [3.05, 3.63) is 42.0 Å². The molecular formula is C16H21IN2O4. The number of aliphatic hydroxyl groups is 1. The summed E-state index contributed by atoms with van der Waals surface area (Å²) in [6.45, 7) is 6.21. The van der Waals surface area contributed by atoms with Crippen LogP contribution < -0.4 is 10.2 Å². The zero-order chi connectivity index (χ0) is 17.2. The normalized spacial score (nSPS) is 10.0. The molecule has 0 radical (unpaired) electrons. The summed E-state index contributed by atoms with van der Waals surface area (Å²) in [5.74, 6) is -0.610. The summed E-state index contributed by atoms with van der Waals surface area (Å²) >= 11 is 2.24. The zero-order valence-electron chi connectivity index (χ0n) is 13.0. The molecule has 0 saturated heterocycles. The Kier molecular flexibility index (Phi) is 8.64. The third-order valence-electron chi connectivity index (χ3n) is 2.99. The average Bonchev–Trinajstić information content (AvgIpc) is 2.56. The third-order valence-corrected chi connectivity index (χ3v) is 3.82. The van der Waals surface area contributed by atoms with Gasteiger partial charge < -0.3 is 20.1 Å². The fourth-order valence-corrected chi connectivity index (χ4v) is 2.48. The van der Waals surface area contributed by atoms with E-state index >= 15 is 0 Å². The minimum atomic E-state index is -0.458. The topological polar surface area (TPSA) is 78.9 Å². The molecule has 1 aromatic carbocycles. The number of alkyl halides is 1. The van der Waals surface area contributed by atoms with Gasteiger partial charge in [-0.15, -0.1) is 0 Å². The van der Waals surface area contributed by atoms with Crippen molar-refractivity contribution in [2.75, 3.05) is 35.8 Å². The summed E-state index contributed by atoms with van der Waals surface area (Å²) in [7, 11) is 0. The number of hydrogen-bond donors (Lipinski definition) is 2. The molecule has 0 heterocycles. The first-order valence-electron chi connectivity index (χ1n) is 7.12. The number of hydrogen-bond acceptors (Lipinski definition) is 5. The van der Waals surface area contributed by atoms with E-state index in [0.29, 0.717) is 24.2 Å². The maximum Gasteiger partial charge on any atom is 0.338 e. The smallest absolute Gasteiger partial charge is 0.338 e. The highest BCUT2D eigenvalue weighted by molar-refractivity contribution is 14.1. The van der Waals surface area contributed by atoms with E-state index in [2.05, 4.69) is 39.4 Å². The molecule has 23 heavy (non-hydrogen) atoms. The molecule has 0 aliphatic carbocycles. The molecule has 0 spiro atoms. The van der Waals surface area contributed by atoms with Gasteiger partial charge in [0.25, 0.3) is 0 Å². The van der Waals surface area contributed by atoms with E-state index in [0.717, 1.165) is 10.2 Å². The second-order valence-electron chi connectivity index (χ2n) is 4.83. The Balaban J connectivity index is 2.59. The predicted octanol–water partition coefficient (Wildman–Crippen LogP) is 1.73. The van der Waals surface area contributed by atoms with Gasteiger partial charge in [-0.05, 0) is 31.2 Å². The molecule has 0 aliphatic rings. The van der Waals surface area contributed by atoms with Gasteiger partial charge >= 0.3 is 5.97 Å². The quantitative estimate of drug-likeness (QED) is 0.204. The number of anilines is 1. The third kappa shape index (κ3) is 6.57. The number of esters is 1. The Hall–Kier alpha value is -1.61. The Morgan fingerprint density at radius 1 is 1.35 bits per heavy atom. The summed E-state index contributed by atoms with van der Waals surface area (Å²) in [4.78, 5) is 25.2. The largest absolute Gasteiger partial charge is 0.460 e. The number of ether oxygens (including phenoxy) is 1. The number of carbonyl (C=O) groups excluding carboxylic acids is 2. The van der Waals surface area contributed by atoms with Gasteiger partial charge in [0.15, 0.2) is 0 Å². The number of carbonyl (C=O) groups is 2. The van der Waals surface area contributed by atoms with Crippen molar-refractivity contribution in [2.24, 2.45) is 0 Å². The van der Waals surface area contributed by atoms with Crippen LogP contribution in [-0.2, 0) is 9.53 Å². The SMILES string of the molecule is C=C(C)C(=O)NCCN(CI)c1ccc(C(=O)OCCO)cc1. The first kappa shape index (κ1) is 19.4. The van der Waals surface area contributed by atoms with Crippen molar-refractivity contribution >= 4 is 40.2 Å². The molecule has 126 valence electrons. The minimum absolute atomic E-state index is 0.0110. The van der Waals surface area contributed by atoms with E-state index in [1.165, 1.54) is 0 Å². The second-order valence-corrected chi connectivity index (χ2v) is 5.51. The van der Waals surface area contributed by atoms with Crippen LogP contribution in [0, 0.1) is 0 Å². The molecule has 2 N–H and O–H groups in total. The molecule has 0 atom stereocenters. The molecule has 1 amide bonds. The second kappa shape index (κ2) is 10.2. The van der Waals surface area contributed by atoms with Crippen molar-refractivity contribution in [1.29, 1.82) is 0 Å². The van der Waals surface area contributed by atoms with Crippen LogP contribution in [0.25, 0.3) is 0 Å². The van der Waals surface area contributed by atoms with E-state index in [4.69, 9.17) is 9.84 Å². The van der Waals surface area contributed by atoms with Crippen molar-refractivity contribution in [3.63, 3.8) is 0 Å². The number of benzene rings is 1. The van der Waals surface area contributed by atoms with Crippen LogP contribution in [0.5, 0.6) is 0 Å². The lowest BCUT2D eigenvalue weighted by atomic mass is 10.2. The van der Waals surface area contributed by atoms with Gasteiger partial charge in [0, 0.05) is 24.4 Å². The molecule has 0 aromatic heterocycles. The van der Waals surface area contributed by atoms with E-state index < -0.39 is 5.97 Å². The van der Waals surface area contributed by atoms with Crippen LogP contribution in [0.3, 0.4) is 0 Å². The van der Waals surface area contributed by atoms with Crippen LogP contribution in [-0.4, -0.2) is 47.8 Å². The number of nitrogens with one attached hydrogen (secondary N) is 1. The van der Waals surface area contributed by atoms with Crippen LogP contribution >= 0.6 is 22.6 Å². The van der Waals surface area contributed by atoms with Crippen LogP contribution in [0.15, 0.2) is 36.4 Å². The van der Waals surface area contributed by atoms with E-state index in [-0.39, 0.29) is 19.1 Å². The molecule has 7 heteroatoms. The van der Waals surface area contributed by atoms with E-state index in [9.17, 15) is 9.59 Å². The molecule has 0 saturated carbocycles. The molecule has 0 aliphatic heterocycles. The number of halogens is 1. The monoisotopic (exact) mass is 432 g/mol. The summed E-state index contributed by atoms with van der Waals surface area (Å²) < 4.78 is 5.60. The standard InChI is InChI=1S/C16H21IN2O4/c1-12(2)15(21)18-7-8-19(11-17)14-5-3-13(4-6-14)16(22)23-10-9-20/h3-6,20H,1,7-11H2,2H3,(H,18,21). The first-order valence-corrected chi connectivity index (χ1v) is 8.64. The van der Waals surface area contributed by atoms with Gasteiger partial charge in [-0.2, -0.15) is 0 Å². The summed E-state index contributed by atoms with van der Waals surface area (Å²) in [5.41, 5.74) is 1.87. The molecule has 1 rings (SSSR count). The van der Waals surface area contributed by atoms with Gasteiger partial charge in [0.2, 0.25) is 5.91 Å². The minimum Gasteiger partial charge on any atom is -0.460 e. The Bertz CT molecular complexity index is 546. The van der Waals surface area contributed by atoms with Crippen LogP contribution in [0.1, 0.15) is 17.3 Å². The summed E-state index contributed by atoms with van der Waals surface area (Å²) in [5, 5.41) is 11.4. The maximum absolute atomic E-state index is 11.7. The first-order chi connectivity index (χ1) is 11.0. The van der Waals surface area contributed by atoms with Gasteiger partial charge in [0.1, 0.15) is 6.61 Å². The lowest BCUT2D eigenvalue weighted by Gasteiger charge is -2.22. The highest BCUT2D eigenvalue weighted by Gasteiger charge is 2.10.